The smallest absolute Gasteiger partial charge is 0.139 e. The zero-order valence-electron chi connectivity index (χ0n) is 10.5. The van der Waals surface area contributed by atoms with Crippen LogP contribution in [0.25, 0.3) is 0 Å². The van der Waals surface area contributed by atoms with Gasteiger partial charge in [-0.15, -0.1) is 0 Å². The summed E-state index contributed by atoms with van der Waals surface area (Å²) in [6.07, 6.45) is 1.75. The Labute approximate surface area is 122 Å². The normalized spacial score (nSPS) is 10.3. The first-order chi connectivity index (χ1) is 9.19. The predicted molar refractivity (Wildman–Crippen MR) is 79.2 cm³/mol. The van der Waals surface area contributed by atoms with Gasteiger partial charge < -0.3 is 10.1 Å². The molecule has 1 aromatic heterocycles. The summed E-state index contributed by atoms with van der Waals surface area (Å²) in [5, 5.41) is 4.35. The minimum Gasteiger partial charge on any atom is -0.486 e. The van der Waals surface area contributed by atoms with Crippen LogP contribution in [0.4, 0.5) is 5.69 Å². The van der Waals surface area contributed by atoms with E-state index in [1.807, 2.05) is 19.1 Å². The molecule has 0 bridgehead atoms. The zero-order valence-corrected chi connectivity index (χ0v) is 12.0. The average molecular weight is 297 g/mol. The van der Waals surface area contributed by atoms with Crippen molar-refractivity contribution in [3.8, 4) is 5.75 Å². The molecule has 0 saturated heterocycles. The maximum atomic E-state index is 6.03. The van der Waals surface area contributed by atoms with Crippen molar-refractivity contribution in [3.05, 3.63) is 52.3 Å². The van der Waals surface area contributed by atoms with Gasteiger partial charge in [0.25, 0.3) is 0 Å². The molecule has 0 unspecified atom stereocenters. The Morgan fingerprint density at radius 1 is 1.21 bits per heavy atom. The molecule has 1 N–H and O–H groups in total. The number of halogens is 2. The van der Waals surface area contributed by atoms with Crippen molar-refractivity contribution in [2.45, 2.75) is 13.5 Å². The summed E-state index contributed by atoms with van der Waals surface area (Å²) < 4.78 is 5.63. The van der Waals surface area contributed by atoms with E-state index in [0.717, 1.165) is 17.9 Å². The Balaban J connectivity index is 2.05. The molecule has 0 aliphatic carbocycles. The van der Waals surface area contributed by atoms with Gasteiger partial charge in [0.15, 0.2) is 0 Å². The predicted octanol–water partition coefficient (Wildman–Crippen LogP) is 4.40. The summed E-state index contributed by atoms with van der Waals surface area (Å²) in [6.45, 7) is 3.26. The summed E-state index contributed by atoms with van der Waals surface area (Å²) in [7, 11) is 0. The van der Waals surface area contributed by atoms with Crippen molar-refractivity contribution in [1.29, 1.82) is 0 Å². The molecule has 19 heavy (non-hydrogen) atoms. The first kappa shape index (κ1) is 14.0. The maximum absolute atomic E-state index is 6.03. The minimum absolute atomic E-state index is 0.347. The van der Waals surface area contributed by atoms with Gasteiger partial charge in [-0.1, -0.05) is 23.2 Å². The van der Waals surface area contributed by atoms with E-state index in [1.165, 1.54) is 0 Å². The Morgan fingerprint density at radius 3 is 2.84 bits per heavy atom. The Kier molecular flexibility index (Phi) is 4.88. The zero-order chi connectivity index (χ0) is 13.7. The SMILES string of the molecule is CCNc1ccnc(COc2cc(Cl)ccc2Cl)c1. The quantitative estimate of drug-likeness (QED) is 0.888. The van der Waals surface area contributed by atoms with E-state index < -0.39 is 0 Å². The topological polar surface area (TPSA) is 34.2 Å². The monoisotopic (exact) mass is 296 g/mol. The second kappa shape index (κ2) is 6.64. The number of rotatable bonds is 5. The summed E-state index contributed by atoms with van der Waals surface area (Å²) in [5.74, 6) is 0.560. The first-order valence-corrected chi connectivity index (χ1v) is 6.71. The number of anilines is 1. The largest absolute Gasteiger partial charge is 0.486 e. The fourth-order valence-electron chi connectivity index (χ4n) is 1.61. The lowest BCUT2D eigenvalue weighted by Gasteiger charge is -2.09. The molecule has 1 aromatic carbocycles. The fourth-order valence-corrected chi connectivity index (χ4v) is 1.94. The molecule has 2 aromatic rings. The van der Waals surface area contributed by atoms with Gasteiger partial charge in [0.1, 0.15) is 12.4 Å². The lowest BCUT2D eigenvalue weighted by molar-refractivity contribution is 0.301. The van der Waals surface area contributed by atoms with Crippen LogP contribution in [0.1, 0.15) is 12.6 Å². The van der Waals surface area contributed by atoms with Gasteiger partial charge >= 0.3 is 0 Å². The van der Waals surface area contributed by atoms with Gasteiger partial charge in [-0.05, 0) is 31.2 Å². The van der Waals surface area contributed by atoms with Crippen LogP contribution in [-0.4, -0.2) is 11.5 Å². The van der Waals surface area contributed by atoms with Crippen molar-refractivity contribution >= 4 is 28.9 Å². The average Bonchev–Trinajstić information content (AvgIpc) is 2.41. The van der Waals surface area contributed by atoms with E-state index in [0.29, 0.717) is 22.4 Å². The van der Waals surface area contributed by atoms with Crippen molar-refractivity contribution < 1.29 is 4.74 Å². The van der Waals surface area contributed by atoms with Gasteiger partial charge in [0.05, 0.1) is 10.7 Å². The van der Waals surface area contributed by atoms with Crippen LogP contribution in [-0.2, 0) is 6.61 Å². The van der Waals surface area contributed by atoms with E-state index in [2.05, 4.69) is 10.3 Å². The third-order valence-electron chi connectivity index (χ3n) is 2.47. The number of nitrogens with one attached hydrogen (secondary N) is 1. The van der Waals surface area contributed by atoms with Crippen LogP contribution in [0.2, 0.25) is 10.0 Å². The summed E-state index contributed by atoms with van der Waals surface area (Å²) in [5.41, 5.74) is 1.85. The summed E-state index contributed by atoms with van der Waals surface area (Å²) in [6, 6.07) is 8.99. The molecule has 3 nitrogen and oxygen atoms in total. The summed E-state index contributed by atoms with van der Waals surface area (Å²) in [4.78, 5) is 4.25. The molecule has 0 saturated carbocycles. The standard InChI is InChI=1S/C14H14Cl2N2O/c1-2-17-11-5-6-18-12(8-11)9-19-14-7-10(15)3-4-13(14)16/h3-8H,2,9H2,1H3,(H,17,18). The molecular weight excluding hydrogens is 283 g/mol. The lowest BCUT2D eigenvalue weighted by Crippen LogP contribution is -2.01. The van der Waals surface area contributed by atoms with Crippen LogP contribution >= 0.6 is 23.2 Å². The van der Waals surface area contributed by atoms with Crippen LogP contribution < -0.4 is 10.1 Å². The van der Waals surface area contributed by atoms with Crippen LogP contribution in [0.15, 0.2) is 36.5 Å². The molecule has 0 radical (unpaired) electrons. The molecule has 0 amide bonds. The third kappa shape index (κ3) is 4.01. The Morgan fingerprint density at radius 2 is 2.05 bits per heavy atom. The number of hydrogen-bond acceptors (Lipinski definition) is 3. The van der Waals surface area contributed by atoms with E-state index >= 15 is 0 Å². The van der Waals surface area contributed by atoms with Gasteiger partial charge in [-0.25, -0.2) is 0 Å². The molecule has 0 atom stereocenters. The van der Waals surface area contributed by atoms with Crippen LogP contribution in [0, 0.1) is 0 Å². The summed E-state index contributed by atoms with van der Waals surface area (Å²) >= 11 is 11.9. The molecule has 0 spiro atoms. The van der Waals surface area contributed by atoms with E-state index in [4.69, 9.17) is 27.9 Å². The highest BCUT2D eigenvalue weighted by atomic mass is 35.5. The molecular formula is C14H14Cl2N2O. The van der Waals surface area contributed by atoms with Crippen molar-refractivity contribution in [2.75, 3.05) is 11.9 Å². The minimum atomic E-state index is 0.347. The number of hydrogen-bond donors (Lipinski definition) is 1. The lowest BCUT2D eigenvalue weighted by atomic mass is 10.3. The van der Waals surface area contributed by atoms with Crippen molar-refractivity contribution in [2.24, 2.45) is 0 Å². The van der Waals surface area contributed by atoms with Gasteiger partial charge in [-0.3, -0.25) is 4.98 Å². The van der Waals surface area contributed by atoms with Gasteiger partial charge in [0.2, 0.25) is 0 Å². The number of aromatic nitrogens is 1. The second-order valence-electron chi connectivity index (χ2n) is 3.93. The maximum Gasteiger partial charge on any atom is 0.139 e. The molecule has 0 fully saturated rings. The van der Waals surface area contributed by atoms with Crippen LogP contribution in [0.5, 0.6) is 5.75 Å². The van der Waals surface area contributed by atoms with Gasteiger partial charge in [0, 0.05) is 29.5 Å². The first-order valence-electron chi connectivity index (χ1n) is 5.95. The van der Waals surface area contributed by atoms with Crippen molar-refractivity contribution in [3.63, 3.8) is 0 Å². The van der Waals surface area contributed by atoms with Crippen LogP contribution in [0.3, 0.4) is 0 Å². The molecule has 5 heteroatoms. The second-order valence-corrected chi connectivity index (χ2v) is 4.77. The molecule has 2 rings (SSSR count). The van der Waals surface area contributed by atoms with Gasteiger partial charge in [-0.2, -0.15) is 0 Å². The van der Waals surface area contributed by atoms with Crippen molar-refractivity contribution in [1.82, 2.24) is 4.98 Å². The highest BCUT2D eigenvalue weighted by Crippen LogP contribution is 2.28. The number of nitrogens with zero attached hydrogens (tertiary/aromatic N) is 1. The molecule has 0 aliphatic heterocycles. The number of ether oxygens (including phenoxy) is 1. The third-order valence-corrected chi connectivity index (χ3v) is 3.01. The Hall–Kier alpha value is -1.45. The number of benzene rings is 1. The molecule has 0 aliphatic rings. The van der Waals surface area contributed by atoms with E-state index in [1.54, 1.807) is 24.4 Å². The number of pyridine rings is 1. The highest BCUT2D eigenvalue weighted by Gasteiger charge is 2.04. The molecule has 100 valence electrons. The fraction of sp³-hybridized carbons (Fsp3) is 0.214. The Bertz CT molecular complexity index is 561. The van der Waals surface area contributed by atoms with E-state index in [9.17, 15) is 0 Å². The molecule has 1 heterocycles. The highest BCUT2D eigenvalue weighted by molar-refractivity contribution is 6.34. The van der Waals surface area contributed by atoms with E-state index in [-0.39, 0.29) is 0 Å².